The van der Waals surface area contributed by atoms with Gasteiger partial charge in [-0.05, 0) is 12.1 Å². The Morgan fingerprint density at radius 2 is 2.00 bits per heavy atom. The maximum atomic E-state index is 12.1. The van der Waals surface area contributed by atoms with Crippen LogP contribution in [0.5, 0.6) is 0 Å². The van der Waals surface area contributed by atoms with E-state index in [-0.39, 0.29) is 11.4 Å². The SMILES string of the molecule is C=CCN(C(=O)N=C=O)S(=O)(=O)c1ccccc1. The minimum Gasteiger partial charge on any atom is -0.244 e. The number of isocyanates is 1. The van der Waals surface area contributed by atoms with Gasteiger partial charge in [0.2, 0.25) is 6.08 Å². The first-order valence-corrected chi connectivity index (χ1v) is 6.28. The zero-order valence-electron chi connectivity index (χ0n) is 9.31. The van der Waals surface area contributed by atoms with Gasteiger partial charge in [-0.3, -0.25) is 0 Å². The van der Waals surface area contributed by atoms with E-state index in [1.807, 2.05) is 0 Å². The summed E-state index contributed by atoms with van der Waals surface area (Å²) in [6.07, 6.45) is 2.24. The van der Waals surface area contributed by atoms with E-state index in [1.165, 1.54) is 30.3 Å². The number of benzene rings is 1. The van der Waals surface area contributed by atoms with Crippen LogP contribution in [0.3, 0.4) is 0 Å². The Kier molecular flexibility index (Phi) is 4.53. The monoisotopic (exact) mass is 266 g/mol. The van der Waals surface area contributed by atoms with Crippen LogP contribution in [0, 0.1) is 0 Å². The summed E-state index contributed by atoms with van der Waals surface area (Å²) in [5, 5.41) is 0. The van der Waals surface area contributed by atoms with Gasteiger partial charge in [0.05, 0.1) is 11.4 Å². The normalized spacial score (nSPS) is 10.2. The number of hydrogen-bond acceptors (Lipinski definition) is 4. The second-order valence-electron chi connectivity index (χ2n) is 3.12. The Labute approximate surface area is 104 Å². The fraction of sp³-hybridized carbons (Fsp3) is 0.0909. The van der Waals surface area contributed by atoms with Crippen molar-refractivity contribution in [1.29, 1.82) is 0 Å². The summed E-state index contributed by atoms with van der Waals surface area (Å²) in [6, 6.07) is 6.15. The molecule has 0 fully saturated rings. The molecule has 1 rings (SSSR count). The second-order valence-corrected chi connectivity index (χ2v) is 4.99. The van der Waals surface area contributed by atoms with E-state index in [1.54, 1.807) is 6.07 Å². The Morgan fingerprint density at radius 3 is 2.50 bits per heavy atom. The van der Waals surface area contributed by atoms with Crippen molar-refractivity contribution in [3.05, 3.63) is 43.0 Å². The summed E-state index contributed by atoms with van der Waals surface area (Å²) >= 11 is 0. The number of urea groups is 1. The van der Waals surface area contributed by atoms with Crippen molar-refractivity contribution < 1.29 is 18.0 Å². The molecular formula is C11H10N2O4S. The smallest absolute Gasteiger partial charge is 0.244 e. The molecule has 0 saturated carbocycles. The first kappa shape index (κ1) is 13.8. The molecule has 0 heterocycles. The number of carbonyl (C=O) groups is 1. The molecule has 94 valence electrons. The van der Waals surface area contributed by atoms with Gasteiger partial charge in [-0.1, -0.05) is 24.3 Å². The summed E-state index contributed by atoms with van der Waals surface area (Å²) in [4.78, 5) is 24.2. The van der Waals surface area contributed by atoms with Crippen LogP contribution in [0.4, 0.5) is 4.79 Å². The molecule has 0 radical (unpaired) electrons. The van der Waals surface area contributed by atoms with Crippen molar-refractivity contribution in [2.45, 2.75) is 4.90 Å². The zero-order chi connectivity index (χ0) is 13.6. The first-order valence-electron chi connectivity index (χ1n) is 4.84. The number of hydrogen-bond donors (Lipinski definition) is 0. The maximum absolute atomic E-state index is 12.1. The largest absolute Gasteiger partial charge is 0.368 e. The molecule has 0 spiro atoms. The van der Waals surface area contributed by atoms with Gasteiger partial charge in [-0.15, -0.1) is 11.6 Å². The van der Waals surface area contributed by atoms with E-state index in [9.17, 15) is 18.0 Å². The quantitative estimate of drug-likeness (QED) is 0.467. The highest BCUT2D eigenvalue weighted by Crippen LogP contribution is 2.15. The number of aliphatic imine (C=N–C) groups is 1. The molecule has 0 aliphatic rings. The topological polar surface area (TPSA) is 83.9 Å². The molecule has 18 heavy (non-hydrogen) atoms. The lowest BCUT2D eigenvalue weighted by Gasteiger charge is -2.17. The van der Waals surface area contributed by atoms with Crippen LogP contribution in [-0.2, 0) is 14.8 Å². The first-order chi connectivity index (χ1) is 8.54. The molecule has 0 aliphatic carbocycles. The molecule has 6 nitrogen and oxygen atoms in total. The van der Waals surface area contributed by atoms with Gasteiger partial charge in [-0.2, -0.15) is 0 Å². The van der Waals surface area contributed by atoms with Crippen LogP contribution in [0.1, 0.15) is 0 Å². The lowest BCUT2D eigenvalue weighted by molar-refractivity contribution is 0.235. The second kappa shape index (κ2) is 5.90. The van der Waals surface area contributed by atoms with Gasteiger partial charge in [0.1, 0.15) is 0 Å². The van der Waals surface area contributed by atoms with Gasteiger partial charge in [-0.25, -0.2) is 22.3 Å². The van der Waals surface area contributed by atoms with Gasteiger partial charge in [0, 0.05) is 0 Å². The number of amides is 2. The van der Waals surface area contributed by atoms with Crippen LogP contribution in [0.2, 0.25) is 0 Å². The van der Waals surface area contributed by atoms with Crippen LogP contribution >= 0.6 is 0 Å². The zero-order valence-corrected chi connectivity index (χ0v) is 10.1. The highest BCUT2D eigenvalue weighted by Gasteiger charge is 2.27. The maximum Gasteiger partial charge on any atom is 0.368 e. The minimum atomic E-state index is -4.04. The third-order valence-corrected chi connectivity index (χ3v) is 3.73. The van der Waals surface area contributed by atoms with Crippen LogP contribution in [0.25, 0.3) is 0 Å². The summed E-state index contributed by atoms with van der Waals surface area (Å²) < 4.78 is 24.7. The van der Waals surface area contributed by atoms with Crippen LogP contribution in [0.15, 0.2) is 52.9 Å². The Bertz CT molecular complexity index is 589. The fourth-order valence-electron chi connectivity index (χ4n) is 1.21. The van der Waals surface area contributed by atoms with Crippen molar-refractivity contribution in [1.82, 2.24) is 4.31 Å². The van der Waals surface area contributed by atoms with Crippen molar-refractivity contribution in [2.24, 2.45) is 4.99 Å². The molecular weight excluding hydrogens is 256 g/mol. The van der Waals surface area contributed by atoms with E-state index in [0.717, 1.165) is 6.08 Å². The van der Waals surface area contributed by atoms with Gasteiger partial charge in [0.15, 0.2) is 0 Å². The molecule has 2 amide bonds. The molecule has 0 atom stereocenters. The standard InChI is InChI=1S/C11H10N2O4S/c1-2-8-13(11(15)12-9-14)18(16,17)10-6-4-3-5-7-10/h2-7H,1,8H2. The predicted octanol–water partition coefficient (Wildman–Crippen LogP) is 1.32. The van der Waals surface area contributed by atoms with E-state index < -0.39 is 16.1 Å². The van der Waals surface area contributed by atoms with E-state index in [2.05, 4.69) is 11.6 Å². The van der Waals surface area contributed by atoms with Crippen molar-refractivity contribution in [2.75, 3.05) is 6.54 Å². The van der Waals surface area contributed by atoms with E-state index >= 15 is 0 Å². The molecule has 0 saturated heterocycles. The summed E-state index contributed by atoms with van der Waals surface area (Å²) in [6.45, 7) is 3.08. The molecule has 0 aromatic heterocycles. The van der Waals surface area contributed by atoms with Crippen molar-refractivity contribution in [3.63, 3.8) is 0 Å². The Morgan fingerprint density at radius 1 is 1.39 bits per heavy atom. The van der Waals surface area contributed by atoms with Crippen LogP contribution in [-0.4, -0.2) is 31.4 Å². The van der Waals surface area contributed by atoms with E-state index in [0.29, 0.717) is 4.31 Å². The van der Waals surface area contributed by atoms with Crippen molar-refractivity contribution in [3.8, 4) is 0 Å². The molecule has 1 aromatic carbocycles. The molecule has 0 unspecified atom stereocenters. The highest BCUT2D eigenvalue weighted by molar-refractivity contribution is 7.89. The fourth-order valence-corrected chi connectivity index (χ4v) is 2.51. The minimum absolute atomic E-state index is 0.0682. The Balaban J connectivity index is 3.25. The van der Waals surface area contributed by atoms with E-state index in [4.69, 9.17) is 0 Å². The summed E-state index contributed by atoms with van der Waals surface area (Å²) in [7, 11) is -4.04. The van der Waals surface area contributed by atoms with Gasteiger partial charge >= 0.3 is 6.03 Å². The predicted molar refractivity (Wildman–Crippen MR) is 64.0 cm³/mol. The third kappa shape index (κ3) is 2.91. The number of rotatable bonds is 4. The molecule has 7 heteroatoms. The number of carbonyl (C=O) groups excluding carboxylic acids is 2. The Hall–Kier alpha value is -2.24. The van der Waals surface area contributed by atoms with Crippen LogP contribution < -0.4 is 0 Å². The highest BCUT2D eigenvalue weighted by atomic mass is 32.2. The number of sulfonamides is 1. The van der Waals surface area contributed by atoms with Gasteiger partial charge < -0.3 is 0 Å². The molecule has 0 aliphatic heterocycles. The number of nitrogens with zero attached hydrogens (tertiary/aromatic N) is 2. The molecule has 1 aromatic rings. The molecule has 0 bridgehead atoms. The molecule has 0 N–H and O–H groups in total. The third-order valence-electron chi connectivity index (χ3n) is 1.98. The average Bonchev–Trinajstić information content (AvgIpc) is 2.37. The summed E-state index contributed by atoms with van der Waals surface area (Å²) in [5.74, 6) is 0. The van der Waals surface area contributed by atoms with Gasteiger partial charge in [0.25, 0.3) is 10.0 Å². The average molecular weight is 266 g/mol. The lowest BCUT2D eigenvalue weighted by Crippen LogP contribution is -2.35. The lowest BCUT2D eigenvalue weighted by atomic mass is 10.4. The summed E-state index contributed by atoms with van der Waals surface area (Å²) in [5.41, 5.74) is 0. The van der Waals surface area contributed by atoms with Crippen molar-refractivity contribution >= 4 is 22.1 Å².